The molecule has 1 rings (SSSR count). The van der Waals surface area contributed by atoms with Crippen molar-refractivity contribution in [1.29, 1.82) is 0 Å². The summed E-state index contributed by atoms with van der Waals surface area (Å²) in [5.41, 5.74) is -0.531. The van der Waals surface area contributed by atoms with Crippen molar-refractivity contribution in [2.45, 2.75) is 0 Å². The van der Waals surface area contributed by atoms with E-state index in [-0.39, 0.29) is 5.75 Å². The van der Waals surface area contributed by atoms with Crippen LogP contribution in [-0.2, 0) is 0 Å². The molecule has 0 unspecified atom stereocenters. The van der Waals surface area contributed by atoms with E-state index in [4.69, 9.17) is 0 Å². The first kappa shape index (κ1) is 11.1. The number of rotatable bonds is 3. The molecule has 0 heterocycles. The minimum Gasteiger partial charge on any atom is -0.293 e. The van der Waals surface area contributed by atoms with Crippen LogP contribution in [0, 0.1) is 17.5 Å². The largest absolute Gasteiger partial charge is 0.293 e. The molecule has 0 aliphatic rings. The number of ketones is 1. The number of benzene rings is 1. The molecule has 0 aliphatic carbocycles. The molecule has 1 aromatic carbocycles. The van der Waals surface area contributed by atoms with Gasteiger partial charge in [0.25, 0.3) is 0 Å². The highest BCUT2D eigenvalue weighted by Crippen LogP contribution is 2.16. The lowest BCUT2D eigenvalue weighted by molar-refractivity contribution is 0.101. The first-order valence-electron chi connectivity index (χ1n) is 3.73. The monoisotopic (exact) mass is 220 g/mol. The Morgan fingerprint density at radius 1 is 1.36 bits per heavy atom. The van der Waals surface area contributed by atoms with Crippen LogP contribution < -0.4 is 0 Å². The van der Waals surface area contributed by atoms with E-state index in [1.807, 2.05) is 0 Å². The number of halogens is 3. The van der Waals surface area contributed by atoms with E-state index in [1.165, 1.54) is 0 Å². The number of hydrogen-bond acceptors (Lipinski definition) is 2. The number of Topliss-reactive ketones (excluding diaryl/α,β-unsaturated/α-hetero) is 1. The molecule has 0 radical (unpaired) electrons. The van der Waals surface area contributed by atoms with Gasteiger partial charge in [-0.2, -0.15) is 11.8 Å². The molecule has 0 bridgehead atoms. The minimum absolute atomic E-state index is 0.000185. The van der Waals surface area contributed by atoms with Crippen molar-refractivity contribution >= 4 is 17.5 Å². The summed E-state index contributed by atoms with van der Waals surface area (Å²) in [6.45, 7) is 0. The van der Waals surface area contributed by atoms with Crippen molar-refractivity contribution in [2.24, 2.45) is 0 Å². The lowest BCUT2D eigenvalue weighted by Crippen LogP contribution is -2.07. The molecular weight excluding hydrogens is 213 g/mol. The van der Waals surface area contributed by atoms with Crippen molar-refractivity contribution < 1.29 is 18.0 Å². The second kappa shape index (κ2) is 4.50. The maximum absolute atomic E-state index is 13.0. The van der Waals surface area contributed by atoms with E-state index >= 15 is 0 Å². The Morgan fingerprint density at radius 2 is 2.00 bits per heavy atom. The van der Waals surface area contributed by atoms with Gasteiger partial charge < -0.3 is 0 Å². The van der Waals surface area contributed by atoms with Crippen LogP contribution in [-0.4, -0.2) is 17.8 Å². The molecule has 0 atom stereocenters. The van der Waals surface area contributed by atoms with Gasteiger partial charge in [-0.3, -0.25) is 4.79 Å². The van der Waals surface area contributed by atoms with Crippen molar-refractivity contribution in [1.82, 2.24) is 0 Å². The first-order chi connectivity index (χ1) is 6.56. The average Bonchev–Trinajstić information content (AvgIpc) is 2.11. The maximum Gasteiger partial charge on any atom is 0.175 e. The Balaban J connectivity index is 3.13. The second-order valence-electron chi connectivity index (χ2n) is 2.61. The Kier molecular flexibility index (Phi) is 3.57. The van der Waals surface area contributed by atoms with E-state index in [0.29, 0.717) is 12.1 Å². The van der Waals surface area contributed by atoms with E-state index in [9.17, 15) is 18.0 Å². The van der Waals surface area contributed by atoms with E-state index in [0.717, 1.165) is 11.8 Å². The van der Waals surface area contributed by atoms with Crippen LogP contribution in [0.1, 0.15) is 10.4 Å². The maximum atomic E-state index is 13.0. The molecule has 76 valence electrons. The standard InChI is InChI=1S/C9H7F3OS/c1-14-4-8(13)6-2-5(10)3-7(11)9(6)12/h2-3H,4H2,1H3. The summed E-state index contributed by atoms with van der Waals surface area (Å²) >= 11 is 1.16. The summed E-state index contributed by atoms with van der Waals surface area (Å²) in [6.07, 6.45) is 1.64. The van der Waals surface area contributed by atoms with Gasteiger partial charge in [0.05, 0.1) is 11.3 Å². The van der Waals surface area contributed by atoms with Gasteiger partial charge in [-0.1, -0.05) is 0 Å². The lowest BCUT2D eigenvalue weighted by Gasteiger charge is -2.02. The number of hydrogen-bond donors (Lipinski definition) is 0. The van der Waals surface area contributed by atoms with Crippen LogP contribution in [0.4, 0.5) is 13.2 Å². The third-order valence-electron chi connectivity index (χ3n) is 1.57. The molecule has 14 heavy (non-hydrogen) atoms. The average molecular weight is 220 g/mol. The van der Waals surface area contributed by atoms with Crippen LogP contribution in [0.2, 0.25) is 0 Å². The van der Waals surface area contributed by atoms with E-state index in [1.54, 1.807) is 6.26 Å². The van der Waals surface area contributed by atoms with Gasteiger partial charge >= 0.3 is 0 Å². The Labute approximate surface area is 83.3 Å². The number of carbonyl (C=O) groups is 1. The van der Waals surface area contributed by atoms with Crippen LogP contribution in [0.5, 0.6) is 0 Å². The summed E-state index contributed by atoms with van der Waals surface area (Å²) in [4.78, 5) is 11.2. The number of carbonyl (C=O) groups excluding carboxylic acids is 1. The molecule has 0 aliphatic heterocycles. The first-order valence-corrected chi connectivity index (χ1v) is 5.12. The van der Waals surface area contributed by atoms with Crippen molar-refractivity contribution in [3.63, 3.8) is 0 Å². The summed E-state index contributed by atoms with van der Waals surface area (Å²) in [7, 11) is 0. The zero-order valence-electron chi connectivity index (χ0n) is 7.31. The van der Waals surface area contributed by atoms with Crippen LogP contribution in [0.3, 0.4) is 0 Å². The van der Waals surface area contributed by atoms with Crippen LogP contribution in [0.15, 0.2) is 12.1 Å². The third-order valence-corrected chi connectivity index (χ3v) is 2.12. The molecule has 0 amide bonds. The molecule has 0 saturated heterocycles. The van der Waals surface area contributed by atoms with Crippen LogP contribution in [0.25, 0.3) is 0 Å². The predicted octanol–water partition coefficient (Wildman–Crippen LogP) is 2.65. The second-order valence-corrected chi connectivity index (χ2v) is 3.47. The Bertz CT molecular complexity index is 365. The Morgan fingerprint density at radius 3 is 2.57 bits per heavy atom. The third kappa shape index (κ3) is 2.29. The van der Waals surface area contributed by atoms with E-state index < -0.39 is 28.8 Å². The van der Waals surface area contributed by atoms with Gasteiger partial charge in [0, 0.05) is 6.07 Å². The van der Waals surface area contributed by atoms with Crippen LogP contribution >= 0.6 is 11.8 Å². The Hall–Kier alpha value is -0.970. The molecule has 1 nitrogen and oxygen atoms in total. The molecular formula is C9H7F3OS. The fraction of sp³-hybridized carbons (Fsp3) is 0.222. The topological polar surface area (TPSA) is 17.1 Å². The molecule has 0 fully saturated rings. The van der Waals surface area contributed by atoms with Gasteiger partial charge in [0.1, 0.15) is 5.82 Å². The smallest absolute Gasteiger partial charge is 0.175 e. The van der Waals surface area contributed by atoms with Gasteiger partial charge in [-0.25, -0.2) is 13.2 Å². The highest BCUT2D eigenvalue weighted by Gasteiger charge is 2.16. The summed E-state index contributed by atoms with van der Waals surface area (Å²) in [5, 5.41) is 0. The zero-order chi connectivity index (χ0) is 10.7. The fourth-order valence-electron chi connectivity index (χ4n) is 0.968. The highest BCUT2D eigenvalue weighted by atomic mass is 32.2. The van der Waals surface area contributed by atoms with Gasteiger partial charge in [-0.15, -0.1) is 0 Å². The van der Waals surface area contributed by atoms with Gasteiger partial charge in [0.2, 0.25) is 0 Å². The lowest BCUT2D eigenvalue weighted by atomic mass is 10.1. The van der Waals surface area contributed by atoms with Gasteiger partial charge in [0.15, 0.2) is 17.4 Å². The number of thioether (sulfide) groups is 1. The molecule has 0 saturated carbocycles. The highest BCUT2D eigenvalue weighted by molar-refractivity contribution is 7.99. The fourth-order valence-corrected chi connectivity index (χ4v) is 1.39. The minimum atomic E-state index is -1.34. The van der Waals surface area contributed by atoms with Crippen molar-refractivity contribution in [3.05, 3.63) is 35.1 Å². The molecule has 5 heteroatoms. The van der Waals surface area contributed by atoms with Crippen molar-refractivity contribution in [2.75, 3.05) is 12.0 Å². The van der Waals surface area contributed by atoms with E-state index in [2.05, 4.69) is 0 Å². The SMILES string of the molecule is CSCC(=O)c1cc(F)cc(F)c1F. The molecule has 1 aromatic rings. The van der Waals surface area contributed by atoms with Gasteiger partial charge in [-0.05, 0) is 12.3 Å². The molecule has 0 aromatic heterocycles. The molecule has 0 N–H and O–H groups in total. The summed E-state index contributed by atoms with van der Waals surface area (Å²) < 4.78 is 38.3. The zero-order valence-corrected chi connectivity index (χ0v) is 8.13. The van der Waals surface area contributed by atoms with Crippen molar-refractivity contribution in [3.8, 4) is 0 Å². The molecule has 0 spiro atoms. The quantitative estimate of drug-likeness (QED) is 0.575. The normalized spacial score (nSPS) is 10.3. The summed E-state index contributed by atoms with van der Waals surface area (Å²) in [5.74, 6) is -4.19. The summed E-state index contributed by atoms with van der Waals surface area (Å²) in [6, 6.07) is 1.11. The predicted molar refractivity (Wildman–Crippen MR) is 49.0 cm³/mol.